The molecule has 3 aromatic rings. The van der Waals surface area contributed by atoms with Crippen molar-refractivity contribution in [3.8, 4) is 0 Å². The number of carbonyl (C=O) groups is 1. The Labute approximate surface area is 131 Å². The zero-order chi connectivity index (χ0) is 15.5. The third kappa shape index (κ3) is 3.32. The average Bonchev–Trinajstić information content (AvgIpc) is 3.11. The molecular formula is C14H13ClN6O. The fraction of sp³-hybridized carbons (Fsp3) is 0.143. The molecule has 0 saturated carbocycles. The zero-order valence-corrected chi connectivity index (χ0v) is 12.5. The average molecular weight is 317 g/mol. The summed E-state index contributed by atoms with van der Waals surface area (Å²) in [6.07, 6.45) is 4.67. The van der Waals surface area contributed by atoms with Crippen LogP contribution in [0.15, 0.2) is 43.0 Å². The molecule has 1 N–H and O–H groups in total. The molecule has 8 heteroatoms. The van der Waals surface area contributed by atoms with Gasteiger partial charge in [0.15, 0.2) is 0 Å². The number of benzene rings is 1. The van der Waals surface area contributed by atoms with Crippen LogP contribution in [0.1, 0.15) is 15.9 Å². The van der Waals surface area contributed by atoms with E-state index in [0.29, 0.717) is 17.1 Å². The van der Waals surface area contributed by atoms with E-state index in [4.69, 9.17) is 11.6 Å². The quantitative estimate of drug-likeness (QED) is 0.798. The monoisotopic (exact) mass is 316 g/mol. The molecule has 0 aliphatic rings. The summed E-state index contributed by atoms with van der Waals surface area (Å²) >= 11 is 5.85. The Bertz CT molecular complexity index is 792. The number of halogens is 1. The number of anilines is 1. The van der Waals surface area contributed by atoms with Crippen LogP contribution in [0.4, 0.5) is 5.95 Å². The number of hydrogen-bond donors (Lipinski definition) is 1. The summed E-state index contributed by atoms with van der Waals surface area (Å²) in [6, 6.07) is 7.47. The van der Waals surface area contributed by atoms with E-state index >= 15 is 0 Å². The van der Waals surface area contributed by atoms with Crippen molar-refractivity contribution in [2.24, 2.45) is 7.05 Å². The Morgan fingerprint density at radius 3 is 2.77 bits per heavy atom. The maximum atomic E-state index is 12.0. The van der Waals surface area contributed by atoms with Gasteiger partial charge in [-0.3, -0.25) is 14.8 Å². The van der Waals surface area contributed by atoms with Gasteiger partial charge in [-0.25, -0.2) is 9.67 Å². The largest absolute Gasteiger partial charge is 0.289 e. The van der Waals surface area contributed by atoms with Crippen LogP contribution in [-0.4, -0.2) is 30.5 Å². The summed E-state index contributed by atoms with van der Waals surface area (Å²) in [7, 11) is 1.75. The molecule has 0 radical (unpaired) electrons. The molecule has 22 heavy (non-hydrogen) atoms. The normalized spacial score (nSPS) is 10.6. The second-order valence-corrected chi connectivity index (χ2v) is 5.19. The van der Waals surface area contributed by atoms with Crippen LogP contribution in [0.2, 0.25) is 5.02 Å². The van der Waals surface area contributed by atoms with Gasteiger partial charge < -0.3 is 0 Å². The van der Waals surface area contributed by atoms with Crippen LogP contribution in [-0.2, 0) is 13.6 Å². The molecule has 0 saturated heterocycles. The van der Waals surface area contributed by atoms with Crippen molar-refractivity contribution in [2.45, 2.75) is 6.54 Å². The van der Waals surface area contributed by atoms with Crippen LogP contribution in [0.25, 0.3) is 0 Å². The number of carbonyl (C=O) groups excluding carboxylic acids is 1. The van der Waals surface area contributed by atoms with Crippen LogP contribution < -0.4 is 5.32 Å². The van der Waals surface area contributed by atoms with Crippen molar-refractivity contribution in [1.82, 2.24) is 24.5 Å². The lowest BCUT2D eigenvalue weighted by Gasteiger charge is -2.01. The molecule has 0 atom stereocenters. The lowest BCUT2D eigenvalue weighted by atomic mass is 10.2. The molecule has 0 aliphatic heterocycles. The Morgan fingerprint density at radius 1 is 1.32 bits per heavy atom. The highest BCUT2D eigenvalue weighted by Crippen LogP contribution is 2.11. The van der Waals surface area contributed by atoms with Gasteiger partial charge in [0.25, 0.3) is 5.91 Å². The van der Waals surface area contributed by atoms with Gasteiger partial charge in [0.1, 0.15) is 6.33 Å². The lowest BCUT2D eigenvalue weighted by molar-refractivity contribution is 0.102. The molecule has 0 unspecified atom stereocenters. The highest BCUT2D eigenvalue weighted by molar-refractivity contribution is 6.30. The zero-order valence-electron chi connectivity index (χ0n) is 11.8. The van der Waals surface area contributed by atoms with Crippen molar-refractivity contribution >= 4 is 23.5 Å². The van der Waals surface area contributed by atoms with Gasteiger partial charge in [-0.15, -0.1) is 5.10 Å². The fourth-order valence-corrected chi connectivity index (χ4v) is 2.04. The molecular weight excluding hydrogens is 304 g/mol. The fourth-order valence-electron chi connectivity index (χ4n) is 1.92. The maximum absolute atomic E-state index is 12.0. The Morgan fingerprint density at radius 2 is 2.09 bits per heavy atom. The molecule has 0 spiro atoms. The van der Waals surface area contributed by atoms with E-state index in [2.05, 4.69) is 20.5 Å². The number of rotatable bonds is 4. The van der Waals surface area contributed by atoms with Gasteiger partial charge in [0.2, 0.25) is 5.95 Å². The van der Waals surface area contributed by atoms with Gasteiger partial charge in [0, 0.05) is 18.3 Å². The van der Waals surface area contributed by atoms with E-state index in [9.17, 15) is 4.79 Å². The van der Waals surface area contributed by atoms with E-state index in [0.717, 1.165) is 5.56 Å². The highest BCUT2D eigenvalue weighted by Gasteiger charge is 2.10. The van der Waals surface area contributed by atoms with Gasteiger partial charge >= 0.3 is 0 Å². The molecule has 0 fully saturated rings. The number of aryl methyl sites for hydroxylation is 1. The topological polar surface area (TPSA) is 77.6 Å². The van der Waals surface area contributed by atoms with Crippen molar-refractivity contribution in [1.29, 1.82) is 0 Å². The minimum absolute atomic E-state index is 0.253. The molecule has 2 heterocycles. The summed E-state index contributed by atoms with van der Waals surface area (Å²) in [5, 5.41) is 11.5. The van der Waals surface area contributed by atoms with E-state index in [1.54, 1.807) is 28.9 Å². The summed E-state index contributed by atoms with van der Waals surface area (Å²) in [5.74, 6) is -0.0415. The Hall–Kier alpha value is -2.67. The summed E-state index contributed by atoms with van der Waals surface area (Å²) in [4.78, 5) is 16.0. The maximum Gasteiger partial charge on any atom is 0.261 e. The predicted octanol–water partition coefficient (Wildman–Crippen LogP) is 1.97. The first-order valence-corrected chi connectivity index (χ1v) is 6.92. The van der Waals surface area contributed by atoms with Gasteiger partial charge in [-0.1, -0.05) is 23.7 Å². The number of hydrogen-bond acceptors (Lipinski definition) is 4. The summed E-state index contributed by atoms with van der Waals surface area (Å²) in [5.41, 5.74) is 1.50. The van der Waals surface area contributed by atoms with E-state index < -0.39 is 0 Å². The molecule has 3 rings (SSSR count). The van der Waals surface area contributed by atoms with Crippen molar-refractivity contribution < 1.29 is 4.79 Å². The van der Waals surface area contributed by atoms with Crippen molar-refractivity contribution in [2.75, 3.05) is 5.32 Å². The van der Waals surface area contributed by atoms with Crippen LogP contribution >= 0.6 is 11.6 Å². The molecule has 0 aliphatic carbocycles. The molecule has 1 amide bonds. The number of nitrogens with one attached hydrogen (secondary N) is 1. The first kappa shape index (κ1) is 14.3. The summed E-state index contributed by atoms with van der Waals surface area (Å²) in [6.45, 7) is 0.549. The van der Waals surface area contributed by atoms with Crippen molar-refractivity contribution in [3.05, 3.63) is 59.1 Å². The SMILES string of the molecule is Cn1cc(C(=O)Nc2ncn(Cc3ccc(Cl)cc3)n2)cn1. The van der Waals surface area contributed by atoms with E-state index in [1.807, 2.05) is 24.3 Å². The first-order valence-electron chi connectivity index (χ1n) is 6.54. The third-order valence-electron chi connectivity index (χ3n) is 2.99. The highest BCUT2D eigenvalue weighted by atomic mass is 35.5. The van der Waals surface area contributed by atoms with Crippen LogP contribution in [0, 0.1) is 0 Å². The van der Waals surface area contributed by atoms with Crippen molar-refractivity contribution in [3.63, 3.8) is 0 Å². The Balaban J connectivity index is 1.66. The number of nitrogens with zero attached hydrogens (tertiary/aromatic N) is 5. The number of amides is 1. The Kier molecular flexibility index (Phi) is 3.88. The first-order chi connectivity index (χ1) is 10.6. The van der Waals surface area contributed by atoms with E-state index in [1.165, 1.54) is 6.20 Å². The second kappa shape index (κ2) is 5.98. The predicted molar refractivity (Wildman–Crippen MR) is 81.7 cm³/mol. The summed E-state index contributed by atoms with van der Waals surface area (Å²) < 4.78 is 3.20. The van der Waals surface area contributed by atoms with Gasteiger partial charge in [-0.2, -0.15) is 5.10 Å². The standard InChI is InChI=1S/C14H13ClN6O/c1-20-8-11(6-17-20)13(22)18-14-16-9-21(19-14)7-10-2-4-12(15)5-3-10/h2-6,8-9H,7H2,1H3,(H,18,19,22). The minimum Gasteiger partial charge on any atom is -0.289 e. The van der Waals surface area contributed by atoms with Crippen LogP contribution in [0.5, 0.6) is 0 Å². The molecule has 112 valence electrons. The minimum atomic E-state index is -0.294. The third-order valence-corrected chi connectivity index (χ3v) is 3.24. The van der Waals surface area contributed by atoms with E-state index in [-0.39, 0.29) is 11.9 Å². The molecule has 7 nitrogen and oxygen atoms in total. The van der Waals surface area contributed by atoms with Crippen LogP contribution in [0.3, 0.4) is 0 Å². The molecule has 2 aromatic heterocycles. The lowest BCUT2D eigenvalue weighted by Crippen LogP contribution is -2.12. The number of aromatic nitrogens is 5. The smallest absolute Gasteiger partial charge is 0.261 e. The van der Waals surface area contributed by atoms with Gasteiger partial charge in [0.05, 0.1) is 18.3 Å². The molecule has 1 aromatic carbocycles. The second-order valence-electron chi connectivity index (χ2n) is 4.75. The molecule has 0 bridgehead atoms. The van der Waals surface area contributed by atoms with Gasteiger partial charge in [-0.05, 0) is 17.7 Å².